The number of hydrogen-bond acceptors (Lipinski definition) is 3. The highest BCUT2D eigenvalue weighted by molar-refractivity contribution is 5.94. The average Bonchev–Trinajstić information content (AvgIpc) is 2.42. The largest absolute Gasteiger partial charge is 0.481 e. The van der Waals surface area contributed by atoms with Crippen molar-refractivity contribution in [3.8, 4) is 0 Å². The Bertz CT molecular complexity index is 500. The van der Waals surface area contributed by atoms with Gasteiger partial charge >= 0.3 is 5.97 Å². The standard InChI is InChI=1S/C16H24N2O3/c1-3-12(4-7-15(19)20)8-9-18-13-5-6-14(16(17)21)11(2)10-13/h5-6,10,12,18H,3-4,7-9H2,1-2H3,(H2,17,21)(H,19,20). The first-order valence-corrected chi connectivity index (χ1v) is 7.30. The third-order valence-corrected chi connectivity index (χ3v) is 3.72. The number of aryl methyl sites for hydroxylation is 1. The molecule has 4 N–H and O–H groups in total. The SMILES string of the molecule is CCC(CCNc1ccc(C(N)=O)c(C)c1)CCC(=O)O. The number of primary amides is 1. The second-order valence-electron chi connectivity index (χ2n) is 5.32. The molecule has 0 saturated heterocycles. The average molecular weight is 292 g/mol. The van der Waals surface area contributed by atoms with Crippen LogP contribution in [0.5, 0.6) is 0 Å². The van der Waals surface area contributed by atoms with Gasteiger partial charge in [0.2, 0.25) is 5.91 Å². The Kier molecular flexibility index (Phi) is 6.72. The van der Waals surface area contributed by atoms with Crippen molar-refractivity contribution < 1.29 is 14.7 Å². The lowest BCUT2D eigenvalue weighted by Gasteiger charge is -2.15. The van der Waals surface area contributed by atoms with Gasteiger partial charge in [-0.05, 0) is 49.4 Å². The molecule has 0 bridgehead atoms. The molecule has 0 aliphatic carbocycles. The van der Waals surface area contributed by atoms with Crippen LogP contribution in [-0.4, -0.2) is 23.5 Å². The minimum Gasteiger partial charge on any atom is -0.481 e. The number of hydrogen-bond donors (Lipinski definition) is 3. The van der Waals surface area contributed by atoms with Crippen LogP contribution in [0, 0.1) is 12.8 Å². The number of amides is 1. The normalized spacial score (nSPS) is 11.9. The van der Waals surface area contributed by atoms with E-state index in [0.29, 0.717) is 17.9 Å². The second kappa shape index (κ2) is 8.29. The van der Waals surface area contributed by atoms with E-state index in [2.05, 4.69) is 12.2 Å². The number of nitrogens with two attached hydrogens (primary N) is 1. The maximum absolute atomic E-state index is 11.2. The van der Waals surface area contributed by atoms with Crippen LogP contribution in [0.15, 0.2) is 18.2 Å². The van der Waals surface area contributed by atoms with Crippen LogP contribution in [0.4, 0.5) is 5.69 Å². The molecule has 1 amide bonds. The molecule has 0 saturated carbocycles. The van der Waals surface area contributed by atoms with Crippen molar-refractivity contribution in [2.24, 2.45) is 11.7 Å². The molecule has 0 heterocycles. The predicted octanol–water partition coefficient (Wildman–Crippen LogP) is 2.79. The monoisotopic (exact) mass is 292 g/mol. The van der Waals surface area contributed by atoms with Gasteiger partial charge in [0.15, 0.2) is 0 Å². The summed E-state index contributed by atoms with van der Waals surface area (Å²) in [5.74, 6) is -0.738. The minimum atomic E-state index is -0.737. The topological polar surface area (TPSA) is 92.4 Å². The van der Waals surface area contributed by atoms with Crippen LogP contribution in [0.25, 0.3) is 0 Å². The number of aliphatic carboxylic acids is 1. The Hall–Kier alpha value is -2.04. The maximum atomic E-state index is 11.2. The number of nitrogens with one attached hydrogen (secondary N) is 1. The van der Waals surface area contributed by atoms with Crippen LogP contribution in [0.2, 0.25) is 0 Å². The summed E-state index contributed by atoms with van der Waals surface area (Å²) >= 11 is 0. The fraction of sp³-hybridized carbons (Fsp3) is 0.500. The van der Waals surface area contributed by atoms with Crippen LogP contribution >= 0.6 is 0 Å². The zero-order valence-electron chi connectivity index (χ0n) is 12.7. The molecule has 1 aromatic rings. The molecule has 116 valence electrons. The maximum Gasteiger partial charge on any atom is 0.303 e. The van der Waals surface area contributed by atoms with E-state index in [1.807, 2.05) is 19.1 Å². The molecule has 5 nitrogen and oxygen atoms in total. The zero-order chi connectivity index (χ0) is 15.8. The number of rotatable bonds is 9. The molecule has 0 spiro atoms. The summed E-state index contributed by atoms with van der Waals surface area (Å²) in [6.45, 7) is 4.72. The molecular formula is C16H24N2O3. The highest BCUT2D eigenvalue weighted by Crippen LogP contribution is 2.18. The predicted molar refractivity (Wildman–Crippen MR) is 83.5 cm³/mol. The van der Waals surface area contributed by atoms with E-state index in [1.165, 1.54) is 0 Å². The van der Waals surface area contributed by atoms with E-state index in [4.69, 9.17) is 10.8 Å². The molecule has 0 aliphatic heterocycles. The van der Waals surface area contributed by atoms with Gasteiger partial charge in [0.05, 0.1) is 0 Å². The summed E-state index contributed by atoms with van der Waals surface area (Å²) in [5.41, 5.74) is 7.61. The highest BCUT2D eigenvalue weighted by Gasteiger charge is 2.09. The fourth-order valence-electron chi connectivity index (χ4n) is 2.35. The third-order valence-electron chi connectivity index (χ3n) is 3.72. The highest BCUT2D eigenvalue weighted by atomic mass is 16.4. The molecule has 1 unspecified atom stereocenters. The Balaban J connectivity index is 2.46. The van der Waals surface area contributed by atoms with E-state index in [-0.39, 0.29) is 6.42 Å². The molecule has 0 fully saturated rings. The van der Waals surface area contributed by atoms with Gasteiger partial charge in [-0.2, -0.15) is 0 Å². The number of carboxylic acids is 1. The fourth-order valence-corrected chi connectivity index (χ4v) is 2.35. The number of carboxylic acid groups (broad SMARTS) is 1. The van der Waals surface area contributed by atoms with E-state index >= 15 is 0 Å². The molecule has 0 radical (unpaired) electrons. The lowest BCUT2D eigenvalue weighted by molar-refractivity contribution is -0.137. The summed E-state index contributed by atoms with van der Waals surface area (Å²) in [5, 5.41) is 12.0. The summed E-state index contributed by atoms with van der Waals surface area (Å²) in [7, 11) is 0. The quantitative estimate of drug-likeness (QED) is 0.652. The van der Waals surface area contributed by atoms with Crippen LogP contribution < -0.4 is 11.1 Å². The zero-order valence-corrected chi connectivity index (χ0v) is 12.7. The second-order valence-corrected chi connectivity index (χ2v) is 5.32. The first kappa shape index (κ1) is 17.0. The Morgan fingerprint density at radius 2 is 2.05 bits per heavy atom. The molecule has 5 heteroatoms. The van der Waals surface area contributed by atoms with Crippen molar-refractivity contribution in [2.75, 3.05) is 11.9 Å². The van der Waals surface area contributed by atoms with Gasteiger partial charge in [0.25, 0.3) is 0 Å². The Labute approximate surface area is 125 Å². The molecular weight excluding hydrogens is 268 g/mol. The first-order chi connectivity index (χ1) is 9.93. The van der Waals surface area contributed by atoms with Gasteiger partial charge < -0.3 is 16.2 Å². The molecule has 0 aliphatic rings. The Morgan fingerprint density at radius 1 is 1.33 bits per heavy atom. The summed E-state index contributed by atoms with van der Waals surface area (Å²) in [6, 6.07) is 5.46. The van der Waals surface area contributed by atoms with Crippen molar-refractivity contribution in [1.82, 2.24) is 0 Å². The number of anilines is 1. The molecule has 1 rings (SSSR count). The molecule has 1 aromatic carbocycles. The van der Waals surface area contributed by atoms with Crippen LogP contribution in [0.3, 0.4) is 0 Å². The van der Waals surface area contributed by atoms with Gasteiger partial charge in [-0.1, -0.05) is 13.3 Å². The molecule has 0 aromatic heterocycles. The molecule has 21 heavy (non-hydrogen) atoms. The van der Waals surface area contributed by atoms with E-state index in [1.54, 1.807) is 6.07 Å². The lowest BCUT2D eigenvalue weighted by Crippen LogP contribution is -2.13. The Morgan fingerprint density at radius 3 is 2.57 bits per heavy atom. The van der Waals surface area contributed by atoms with Crippen molar-refractivity contribution >= 4 is 17.6 Å². The number of carbonyl (C=O) groups is 2. The minimum absolute atomic E-state index is 0.227. The smallest absolute Gasteiger partial charge is 0.303 e. The van der Waals surface area contributed by atoms with E-state index in [0.717, 1.165) is 30.6 Å². The first-order valence-electron chi connectivity index (χ1n) is 7.30. The summed E-state index contributed by atoms with van der Waals surface area (Å²) in [4.78, 5) is 21.7. The van der Waals surface area contributed by atoms with Crippen molar-refractivity contribution in [2.45, 2.75) is 39.5 Å². The van der Waals surface area contributed by atoms with Gasteiger partial charge in [0.1, 0.15) is 0 Å². The summed E-state index contributed by atoms with van der Waals surface area (Å²) in [6.07, 6.45) is 2.85. The number of carbonyl (C=O) groups excluding carboxylic acids is 1. The van der Waals surface area contributed by atoms with Crippen LogP contribution in [0.1, 0.15) is 48.5 Å². The van der Waals surface area contributed by atoms with Gasteiger partial charge in [0, 0.05) is 24.2 Å². The van der Waals surface area contributed by atoms with Crippen molar-refractivity contribution in [1.29, 1.82) is 0 Å². The van der Waals surface area contributed by atoms with E-state index in [9.17, 15) is 9.59 Å². The third kappa shape index (κ3) is 5.85. The van der Waals surface area contributed by atoms with Crippen molar-refractivity contribution in [3.63, 3.8) is 0 Å². The molecule has 1 atom stereocenters. The summed E-state index contributed by atoms with van der Waals surface area (Å²) < 4.78 is 0. The van der Waals surface area contributed by atoms with Crippen molar-refractivity contribution in [3.05, 3.63) is 29.3 Å². The van der Waals surface area contributed by atoms with Gasteiger partial charge in [-0.15, -0.1) is 0 Å². The van der Waals surface area contributed by atoms with Gasteiger partial charge in [-0.3, -0.25) is 9.59 Å². The van der Waals surface area contributed by atoms with Crippen LogP contribution in [-0.2, 0) is 4.79 Å². The number of benzene rings is 1. The van der Waals surface area contributed by atoms with Gasteiger partial charge in [-0.25, -0.2) is 0 Å². The lowest BCUT2D eigenvalue weighted by atomic mass is 9.96. The van der Waals surface area contributed by atoms with E-state index < -0.39 is 11.9 Å².